The van der Waals surface area contributed by atoms with Crippen molar-refractivity contribution in [1.82, 2.24) is 10.2 Å². The number of piperidine rings is 2. The van der Waals surface area contributed by atoms with E-state index in [1.807, 2.05) is 4.90 Å². The topological polar surface area (TPSA) is 70.7 Å². The summed E-state index contributed by atoms with van der Waals surface area (Å²) < 4.78 is 5.55. The smallest absolute Gasteiger partial charge is 0.256 e. The first-order valence-corrected chi connectivity index (χ1v) is 9.54. The Bertz CT molecular complexity index is 644. The molecule has 0 spiro atoms. The minimum atomic E-state index is -0.775. The highest BCUT2D eigenvalue weighted by atomic mass is 35.5. The Balaban J connectivity index is 0.00000261. The number of nitrogens with one attached hydrogen (secondary N) is 2. The summed E-state index contributed by atoms with van der Waals surface area (Å²) >= 11 is 0. The van der Waals surface area contributed by atoms with E-state index in [4.69, 9.17) is 4.74 Å². The lowest BCUT2D eigenvalue weighted by molar-refractivity contribution is -0.140. The van der Waals surface area contributed by atoms with E-state index < -0.39 is 5.60 Å². The number of benzene rings is 1. The second-order valence-corrected chi connectivity index (χ2v) is 7.32. The fourth-order valence-electron chi connectivity index (χ4n) is 3.86. The van der Waals surface area contributed by atoms with Gasteiger partial charge in [-0.15, -0.1) is 12.4 Å². The second-order valence-electron chi connectivity index (χ2n) is 7.32. The molecule has 2 amide bonds. The Kier molecular flexibility index (Phi) is 7.65. The predicted molar refractivity (Wildman–Crippen MR) is 109 cm³/mol. The Morgan fingerprint density at radius 3 is 2.44 bits per heavy atom. The molecule has 1 atom stereocenters. The zero-order valence-electron chi connectivity index (χ0n) is 16.1. The summed E-state index contributed by atoms with van der Waals surface area (Å²) in [6.45, 7) is 4.46. The van der Waals surface area contributed by atoms with E-state index in [0.29, 0.717) is 24.1 Å². The Hall–Kier alpha value is -1.63. The van der Waals surface area contributed by atoms with Crippen LogP contribution in [-0.4, -0.2) is 55.1 Å². The molecule has 0 bridgehead atoms. The normalized spacial score (nSPS) is 21.9. The molecule has 2 fully saturated rings. The average molecular weight is 396 g/mol. The van der Waals surface area contributed by atoms with Gasteiger partial charge in [-0.3, -0.25) is 9.59 Å². The predicted octanol–water partition coefficient (Wildman–Crippen LogP) is 2.83. The zero-order chi connectivity index (χ0) is 18.6. The lowest BCUT2D eigenvalue weighted by Crippen LogP contribution is -2.51. The third kappa shape index (κ3) is 4.81. The SMILES string of the molecule is COC1(C(=O)Nc2ccc(C(=O)N3CCCCC3C)cc2)CCNCC1.Cl. The van der Waals surface area contributed by atoms with Crippen LogP contribution < -0.4 is 10.6 Å². The number of anilines is 1. The molecule has 1 aromatic carbocycles. The van der Waals surface area contributed by atoms with Crippen LogP contribution in [0.15, 0.2) is 24.3 Å². The number of halogens is 1. The lowest BCUT2D eigenvalue weighted by atomic mass is 9.91. The van der Waals surface area contributed by atoms with Crippen molar-refractivity contribution in [2.45, 2.75) is 50.7 Å². The van der Waals surface area contributed by atoms with Crippen molar-refractivity contribution >= 4 is 29.9 Å². The van der Waals surface area contributed by atoms with Crippen LogP contribution in [0.25, 0.3) is 0 Å². The molecule has 150 valence electrons. The molecule has 6 nitrogen and oxygen atoms in total. The maximum absolute atomic E-state index is 12.7. The van der Waals surface area contributed by atoms with E-state index >= 15 is 0 Å². The van der Waals surface area contributed by atoms with Crippen LogP contribution in [0.3, 0.4) is 0 Å². The number of carbonyl (C=O) groups is 2. The van der Waals surface area contributed by atoms with Gasteiger partial charge in [0.1, 0.15) is 5.60 Å². The highest BCUT2D eigenvalue weighted by Crippen LogP contribution is 2.25. The van der Waals surface area contributed by atoms with Crippen LogP contribution in [0.1, 0.15) is 49.4 Å². The summed E-state index contributed by atoms with van der Waals surface area (Å²) in [6.07, 6.45) is 4.62. The first-order valence-electron chi connectivity index (χ1n) is 9.54. The van der Waals surface area contributed by atoms with Crippen LogP contribution >= 0.6 is 12.4 Å². The molecule has 1 aromatic rings. The van der Waals surface area contributed by atoms with Gasteiger partial charge in [0.25, 0.3) is 11.8 Å². The minimum absolute atomic E-state index is 0. The van der Waals surface area contributed by atoms with Gasteiger partial charge in [-0.1, -0.05) is 0 Å². The first kappa shape index (κ1) is 21.7. The summed E-state index contributed by atoms with van der Waals surface area (Å²) in [7, 11) is 1.59. The molecule has 2 N–H and O–H groups in total. The van der Waals surface area contributed by atoms with Gasteiger partial charge in [0.2, 0.25) is 0 Å². The van der Waals surface area contributed by atoms with Crippen LogP contribution in [0.2, 0.25) is 0 Å². The maximum atomic E-state index is 12.7. The van der Waals surface area contributed by atoms with E-state index in [2.05, 4.69) is 17.6 Å². The molecule has 2 heterocycles. The van der Waals surface area contributed by atoms with E-state index in [-0.39, 0.29) is 30.3 Å². The standard InChI is InChI=1S/C20H29N3O3.ClH/c1-15-5-3-4-14-23(15)18(24)16-6-8-17(9-7-16)22-19(25)20(26-2)10-12-21-13-11-20;/h6-9,15,21H,3-5,10-14H2,1-2H3,(H,22,25);1H. The highest BCUT2D eigenvalue weighted by molar-refractivity contribution is 5.98. The van der Waals surface area contributed by atoms with E-state index in [9.17, 15) is 9.59 Å². The van der Waals surface area contributed by atoms with Gasteiger partial charge < -0.3 is 20.3 Å². The second kappa shape index (κ2) is 9.53. The molecular weight excluding hydrogens is 366 g/mol. The fraction of sp³-hybridized carbons (Fsp3) is 0.600. The quantitative estimate of drug-likeness (QED) is 0.822. The summed E-state index contributed by atoms with van der Waals surface area (Å²) in [5.74, 6) is -0.0491. The molecule has 0 saturated carbocycles. The molecule has 0 aliphatic carbocycles. The third-order valence-electron chi connectivity index (χ3n) is 5.67. The van der Waals surface area contributed by atoms with Gasteiger partial charge in [-0.05, 0) is 76.4 Å². The molecule has 0 aromatic heterocycles. The van der Waals surface area contributed by atoms with Crippen LogP contribution in [0, 0.1) is 0 Å². The molecule has 2 aliphatic heterocycles. The zero-order valence-corrected chi connectivity index (χ0v) is 16.9. The van der Waals surface area contributed by atoms with Crippen molar-refractivity contribution < 1.29 is 14.3 Å². The highest BCUT2D eigenvalue weighted by Gasteiger charge is 2.39. The van der Waals surface area contributed by atoms with E-state index in [1.54, 1.807) is 31.4 Å². The minimum Gasteiger partial charge on any atom is -0.368 e. The summed E-state index contributed by atoms with van der Waals surface area (Å²) in [5.41, 5.74) is 0.580. The van der Waals surface area contributed by atoms with Crippen molar-refractivity contribution in [3.8, 4) is 0 Å². The molecule has 2 saturated heterocycles. The average Bonchev–Trinajstić information content (AvgIpc) is 2.69. The van der Waals surface area contributed by atoms with Crippen molar-refractivity contribution in [3.05, 3.63) is 29.8 Å². The number of rotatable bonds is 4. The van der Waals surface area contributed by atoms with Gasteiger partial charge in [0, 0.05) is 30.9 Å². The number of methoxy groups -OCH3 is 1. The van der Waals surface area contributed by atoms with E-state index in [1.165, 1.54) is 6.42 Å². The number of hydrogen-bond acceptors (Lipinski definition) is 4. The lowest BCUT2D eigenvalue weighted by Gasteiger charge is -2.34. The first-order chi connectivity index (χ1) is 12.6. The van der Waals surface area contributed by atoms with Gasteiger partial charge in [0.05, 0.1) is 0 Å². The number of carbonyl (C=O) groups excluding carboxylic acids is 2. The molecule has 3 rings (SSSR count). The summed E-state index contributed by atoms with van der Waals surface area (Å²) in [6, 6.07) is 7.47. The van der Waals surface area contributed by atoms with Gasteiger partial charge >= 0.3 is 0 Å². The fourth-order valence-corrected chi connectivity index (χ4v) is 3.86. The van der Waals surface area contributed by atoms with Gasteiger partial charge in [-0.25, -0.2) is 0 Å². The van der Waals surface area contributed by atoms with Gasteiger partial charge in [0.15, 0.2) is 0 Å². The summed E-state index contributed by atoms with van der Waals surface area (Å²) in [4.78, 5) is 27.3. The van der Waals surface area contributed by atoms with E-state index in [0.717, 1.165) is 32.5 Å². The van der Waals surface area contributed by atoms with Crippen LogP contribution in [0.5, 0.6) is 0 Å². The Morgan fingerprint density at radius 1 is 1.19 bits per heavy atom. The third-order valence-corrected chi connectivity index (χ3v) is 5.67. The molecule has 1 unspecified atom stereocenters. The van der Waals surface area contributed by atoms with Crippen molar-refractivity contribution in [2.24, 2.45) is 0 Å². The summed E-state index contributed by atoms with van der Waals surface area (Å²) in [5, 5.41) is 6.19. The number of likely N-dealkylation sites (tertiary alicyclic amines) is 1. The largest absolute Gasteiger partial charge is 0.368 e. The van der Waals surface area contributed by atoms with Crippen LogP contribution in [-0.2, 0) is 9.53 Å². The molecule has 7 heteroatoms. The Labute approximate surface area is 167 Å². The molecule has 0 radical (unpaired) electrons. The van der Waals surface area contributed by atoms with Gasteiger partial charge in [-0.2, -0.15) is 0 Å². The van der Waals surface area contributed by atoms with Crippen molar-refractivity contribution in [1.29, 1.82) is 0 Å². The number of nitrogens with zero attached hydrogens (tertiary/aromatic N) is 1. The maximum Gasteiger partial charge on any atom is 0.256 e. The monoisotopic (exact) mass is 395 g/mol. The number of hydrogen-bond donors (Lipinski definition) is 2. The molecule has 27 heavy (non-hydrogen) atoms. The van der Waals surface area contributed by atoms with Crippen molar-refractivity contribution in [3.63, 3.8) is 0 Å². The number of amides is 2. The number of ether oxygens (including phenoxy) is 1. The molecule has 2 aliphatic rings. The van der Waals surface area contributed by atoms with Crippen molar-refractivity contribution in [2.75, 3.05) is 32.1 Å². The molecular formula is C20H30ClN3O3. The van der Waals surface area contributed by atoms with Crippen LogP contribution in [0.4, 0.5) is 5.69 Å². The Morgan fingerprint density at radius 2 is 1.85 bits per heavy atom.